The summed E-state index contributed by atoms with van der Waals surface area (Å²) in [6.07, 6.45) is 0. The van der Waals surface area contributed by atoms with Gasteiger partial charge in [0.25, 0.3) is 0 Å². The van der Waals surface area contributed by atoms with Crippen LogP contribution < -0.4 is 21.3 Å². The fourth-order valence-corrected chi connectivity index (χ4v) is 5.02. The van der Waals surface area contributed by atoms with Crippen molar-refractivity contribution in [3.8, 4) is 0 Å². The number of hydrogen-bond donors (Lipinski definition) is 4. The first-order valence-corrected chi connectivity index (χ1v) is 17.0. The number of fused-ring (bicyclic) bond motifs is 2. The van der Waals surface area contributed by atoms with Gasteiger partial charge in [-0.25, -0.2) is 13.1 Å². The van der Waals surface area contributed by atoms with Crippen LogP contribution in [0.15, 0.2) is 219 Å². The third-order valence-corrected chi connectivity index (χ3v) is 7.59. The third-order valence-electron chi connectivity index (χ3n) is 7.59. The maximum Gasteiger partial charge on any atom is 4.00 e. The van der Waals surface area contributed by atoms with Gasteiger partial charge in [-0.1, -0.05) is 91.5 Å². The van der Waals surface area contributed by atoms with Gasteiger partial charge in [-0.05, 0) is 48.5 Å². The van der Waals surface area contributed by atoms with Crippen LogP contribution in [-0.2, 0) is 26.2 Å². The molecule has 0 unspecified atom stereocenters. The number of para-hydroxylation sites is 4. The first kappa shape index (κ1) is 39.0. The molecule has 8 aromatic carbocycles. The van der Waals surface area contributed by atoms with E-state index in [4.69, 9.17) is 0 Å². The van der Waals surface area contributed by atoms with E-state index < -0.39 is 0 Å². The van der Waals surface area contributed by atoms with Crippen molar-refractivity contribution in [3.05, 3.63) is 232 Å². The normalized spacial score (nSPS) is 9.62. The molecule has 0 atom stereocenters. The molecule has 0 radical (unpaired) electrons. The molecule has 0 bridgehead atoms. The number of rotatable bonds is 10. The summed E-state index contributed by atoms with van der Waals surface area (Å²) in [5.74, 6) is 0. The summed E-state index contributed by atoms with van der Waals surface area (Å²) < 4.78 is 0. The van der Waals surface area contributed by atoms with Crippen LogP contribution in [0.5, 0.6) is 0 Å². The molecule has 8 aromatic rings. The average molecular weight is 756 g/mol. The summed E-state index contributed by atoms with van der Waals surface area (Å²) >= 11 is 0. The molecule has 0 fully saturated rings. The molecule has 0 aliphatic carbocycles. The molecular formula is C47H44N4Zr. The Labute approximate surface area is 328 Å². The molecule has 0 saturated carbocycles. The Morgan fingerprint density at radius 1 is 0.462 bits per heavy atom. The van der Waals surface area contributed by atoms with E-state index >= 15 is 0 Å². The smallest absolute Gasteiger partial charge is 0.534 e. The van der Waals surface area contributed by atoms with E-state index in [1.54, 1.807) is 0 Å². The fourth-order valence-electron chi connectivity index (χ4n) is 5.02. The molecule has 8 rings (SSSR count). The Kier molecular flexibility index (Phi) is 17.1. The van der Waals surface area contributed by atoms with Crippen LogP contribution in [0, 0.1) is 13.1 Å². The molecule has 0 aliphatic rings. The molecule has 0 aromatic heterocycles. The van der Waals surface area contributed by atoms with E-state index in [2.05, 4.69) is 125 Å². The molecule has 5 heteroatoms. The van der Waals surface area contributed by atoms with Gasteiger partial charge in [0.15, 0.2) is 0 Å². The van der Waals surface area contributed by atoms with Gasteiger partial charge in [-0.2, -0.15) is 35.0 Å². The Morgan fingerprint density at radius 3 is 1.35 bits per heavy atom. The summed E-state index contributed by atoms with van der Waals surface area (Å²) in [4.78, 5) is 0. The minimum Gasteiger partial charge on any atom is -0.534 e. The second-order valence-electron chi connectivity index (χ2n) is 11.4. The second kappa shape index (κ2) is 22.9. The quantitative estimate of drug-likeness (QED) is 0.0829. The monoisotopic (exact) mass is 754 g/mol. The van der Waals surface area contributed by atoms with Gasteiger partial charge < -0.3 is 21.3 Å². The topological polar surface area (TPSA) is 48.1 Å². The largest absolute Gasteiger partial charge is 4.00 e. The molecule has 256 valence electrons. The third kappa shape index (κ3) is 14.2. The molecule has 0 aliphatic heterocycles. The van der Waals surface area contributed by atoms with Crippen LogP contribution >= 0.6 is 0 Å². The Morgan fingerprint density at radius 2 is 0.865 bits per heavy atom. The van der Waals surface area contributed by atoms with Crippen molar-refractivity contribution in [1.82, 2.24) is 0 Å². The van der Waals surface area contributed by atoms with Gasteiger partial charge >= 0.3 is 26.2 Å². The summed E-state index contributed by atoms with van der Waals surface area (Å²) in [7, 11) is 0. The van der Waals surface area contributed by atoms with Crippen LogP contribution in [0.4, 0.5) is 22.7 Å². The molecule has 0 heterocycles. The van der Waals surface area contributed by atoms with Crippen LogP contribution in [0.2, 0.25) is 0 Å². The predicted octanol–water partition coefficient (Wildman–Crippen LogP) is 12.4. The minimum absolute atomic E-state index is 0. The Balaban J connectivity index is 0.000000160. The van der Waals surface area contributed by atoms with Crippen molar-refractivity contribution in [2.24, 2.45) is 0 Å². The van der Waals surface area contributed by atoms with Gasteiger partial charge in [0.1, 0.15) is 0 Å². The zero-order valence-electron chi connectivity index (χ0n) is 29.2. The first-order chi connectivity index (χ1) is 25.2. The van der Waals surface area contributed by atoms with Crippen LogP contribution in [0.25, 0.3) is 21.5 Å². The van der Waals surface area contributed by atoms with Gasteiger partial charge in [-0.3, -0.25) is 0 Å². The van der Waals surface area contributed by atoms with Gasteiger partial charge in [0.05, 0.1) is 0 Å². The fraction of sp³-hybridized carbons (Fsp3) is 0.0213. The van der Waals surface area contributed by atoms with E-state index in [1.165, 1.54) is 21.5 Å². The maximum atomic E-state index is 3.94. The number of anilines is 4. The maximum absolute atomic E-state index is 3.94. The molecule has 0 saturated heterocycles. The van der Waals surface area contributed by atoms with Gasteiger partial charge in [0, 0.05) is 22.7 Å². The molecule has 0 spiro atoms. The number of hydrogen-bond acceptors (Lipinski definition) is 4. The number of nitrogens with one attached hydrogen (secondary N) is 4. The van der Waals surface area contributed by atoms with E-state index in [0.717, 1.165) is 35.0 Å². The Bertz CT molecular complexity index is 1920. The number of benzene rings is 6. The zero-order chi connectivity index (χ0) is 35.2. The van der Waals surface area contributed by atoms with Crippen molar-refractivity contribution >= 4 is 44.3 Å². The average Bonchev–Trinajstić information content (AvgIpc) is 3.89. The van der Waals surface area contributed by atoms with Crippen molar-refractivity contribution in [3.63, 3.8) is 0 Å². The van der Waals surface area contributed by atoms with Gasteiger partial charge in [-0.15, -0.1) is 71.5 Å². The van der Waals surface area contributed by atoms with Crippen LogP contribution in [0.1, 0.15) is 0 Å². The van der Waals surface area contributed by atoms with Crippen molar-refractivity contribution in [2.75, 3.05) is 27.8 Å². The molecule has 4 nitrogen and oxygen atoms in total. The van der Waals surface area contributed by atoms with E-state index in [1.807, 2.05) is 122 Å². The Hall–Kier alpha value is -5.77. The van der Waals surface area contributed by atoms with Crippen LogP contribution in [0.3, 0.4) is 0 Å². The molecular weight excluding hydrogens is 712 g/mol. The van der Waals surface area contributed by atoms with Crippen molar-refractivity contribution in [2.45, 2.75) is 0 Å². The first-order valence-electron chi connectivity index (χ1n) is 17.0. The second-order valence-corrected chi connectivity index (χ2v) is 11.4. The molecule has 52 heavy (non-hydrogen) atoms. The van der Waals surface area contributed by atoms with E-state index in [-0.39, 0.29) is 26.2 Å². The van der Waals surface area contributed by atoms with Crippen molar-refractivity contribution in [1.29, 1.82) is 0 Å². The minimum atomic E-state index is 0. The SMILES string of the molecule is C=C([CH-]Nc1ccccc1)Nc1ccccc1.[Zr+4].c1ccc(N[CH-]CNc2ccccc2)cc1.c1ccc2[cH-]ccc2c1.c1ccc2[cH-]ccc2c1. The predicted molar refractivity (Wildman–Crippen MR) is 222 cm³/mol. The summed E-state index contributed by atoms with van der Waals surface area (Å²) in [6, 6.07) is 69.6. The van der Waals surface area contributed by atoms with E-state index in [9.17, 15) is 0 Å². The summed E-state index contributed by atoms with van der Waals surface area (Å²) in [5, 5.41) is 18.2. The standard InChI is InChI=1S/C15H15N2.C14H15N2.2C9H7.Zr/c1-13(17-15-10-6-3-7-11-15)12-16-14-8-4-2-5-9-14;1-3-7-13(8-4-1)15-11-12-16-14-9-5-2-6-10-14;2*1-2-5-9-7-3-6-8(9)4-1;/h2-12,16-17H,1H2;1-11,15-16H,12H2;2*1-7H;/q4*-1;+4. The summed E-state index contributed by atoms with van der Waals surface area (Å²) in [6.45, 7) is 8.58. The van der Waals surface area contributed by atoms with Crippen LogP contribution in [-0.4, -0.2) is 6.54 Å². The zero-order valence-corrected chi connectivity index (χ0v) is 31.7. The van der Waals surface area contributed by atoms with Gasteiger partial charge in [0.2, 0.25) is 0 Å². The molecule has 0 amide bonds. The molecule has 4 N–H and O–H groups in total. The van der Waals surface area contributed by atoms with E-state index in [0.29, 0.717) is 0 Å². The van der Waals surface area contributed by atoms with Crippen molar-refractivity contribution < 1.29 is 26.2 Å². The summed E-state index contributed by atoms with van der Waals surface area (Å²) in [5.41, 5.74) is 5.14.